The zero-order chi connectivity index (χ0) is 26.9. The summed E-state index contributed by atoms with van der Waals surface area (Å²) in [6, 6.07) is 21.8. The summed E-state index contributed by atoms with van der Waals surface area (Å²) in [7, 11) is 1.57. The smallest absolute Gasteiger partial charge is 0.255 e. The summed E-state index contributed by atoms with van der Waals surface area (Å²) in [5.74, 6) is 1.69. The summed E-state index contributed by atoms with van der Waals surface area (Å²) in [4.78, 5) is 29.4. The molecule has 3 N–H and O–H groups in total. The average Bonchev–Trinajstić information content (AvgIpc) is 3.59. The van der Waals surface area contributed by atoms with Gasteiger partial charge in [0.15, 0.2) is 0 Å². The number of nitrogens with zero attached hydrogens (tertiary/aromatic N) is 4. The third kappa shape index (κ3) is 4.57. The standard InChI is InChI=1S/C30H24N6O3/c1-18-31-14-15-36(18)22-9-7-21(8-10-22)33-29(38)20-5-11-25-26(17-20)35-28(34-25)24-16-19(6-12-27(24)37)23-4-3-13-32-30(23)39-2/h3-17,37H,1-2H3,(H,33,38)(H,34,35). The predicted octanol–water partition coefficient (Wildman–Crippen LogP) is 5.75. The summed E-state index contributed by atoms with van der Waals surface area (Å²) in [6.07, 6.45) is 5.30. The number of rotatable bonds is 6. The number of pyridine rings is 1. The van der Waals surface area contributed by atoms with E-state index in [4.69, 9.17) is 4.74 Å². The van der Waals surface area contributed by atoms with Crippen molar-refractivity contribution >= 4 is 22.6 Å². The van der Waals surface area contributed by atoms with Crippen molar-refractivity contribution in [3.05, 3.63) is 103 Å². The monoisotopic (exact) mass is 516 g/mol. The maximum atomic E-state index is 13.0. The lowest BCUT2D eigenvalue weighted by molar-refractivity contribution is 0.102. The first-order valence-corrected chi connectivity index (χ1v) is 12.2. The molecule has 0 saturated carbocycles. The number of anilines is 1. The third-order valence-electron chi connectivity index (χ3n) is 6.50. The minimum absolute atomic E-state index is 0.0768. The zero-order valence-corrected chi connectivity index (χ0v) is 21.2. The van der Waals surface area contributed by atoms with Crippen molar-refractivity contribution in [1.29, 1.82) is 0 Å². The molecule has 0 aliphatic rings. The molecule has 0 atom stereocenters. The van der Waals surface area contributed by atoms with E-state index in [0.29, 0.717) is 39.6 Å². The summed E-state index contributed by atoms with van der Waals surface area (Å²) < 4.78 is 7.36. The van der Waals surface area contributed by atoms with Gasteiger partial charge in [-0.3, -0.25) is 4.79 Å². The number of methoxy groups -OCH3 is 1. The molecule has 0 unspecified atom stereocenters. The molecule has 192 valence electrons. The minimum atomic E-state index is -0.242. The van der Waals surface area contributed by atoms with Crippen LogP contribution in [0.4, 0.5) is 5.69 Å². The number of aromatic nitrogens is 5. The Hall–Kier alpha value is -5.44. The lowest BCUT2D eigenvalue weighted by atomic mass is 10.0. The van der Waals surface area contributed by atoms with E-state index in [1.807, 2.05) is 60.2 Å². The fourth-order valence-electron chi connectivity index (χ4n) is 4.50. The first kappa shape index (κ1) is 23.9. The molecule has 1 amide bonds. The zero-order valence-electron chi connectivity index (χ0n) is 21.2. The van der Waals surface area contributed by atoms with Crippen LogP contribution in [-0.2, 0) is 0 Å². The van der Waals surface area contributed by atoms with Crippen LogP contribution < -0.4 is 10.1 Å². The maximum Gasteiger partial charge on any atom is 0.255 e. The minimum Gasteiger partial charge on any atom is -0.507 e. The highest BCUT2D eigenvalue weighted by atomic mass is 16.5. The molecular formula is C30H24N6O3. The topological polar surface area (TPSA) is 118 Å². The Kier molecular flexibility index (Phi) is 6.01. The molecule has 0 aliphatic heterocycles. The molecule has 3 aromatic heterocycles. The van der Waals surface area contributed by atoms with E-state index >= 15 is 0 Å². The van der Waals surface area contributed by atoms with E-state index in [9.17, 15) is 9.90 Å². The molecule has 0 fully saturated rings. The van der Waals surface area contributed by atoms with Crippen LogP contribution in [0.2, 0.25) is 0 Å². The molecule has 6 aromatic rings. The molecule has 6 rings (SSSR count). The molecule has 0 bridgehead atoms. The Morgan fingerprint density at radius 1 is 0.974 bits per heavy atom. The maximum absolute atomic E-state index is 13.0. The van der Waals surface area contributed by atoms with Gasteiger partial charge in [0, 0.05) is 41.1 Å². The number of H-pyrrole nitrogens is 1. The highest BCUT2D eigenvalue weighted by Gasteiger charge is 2.15. The Balaban J connectivity index is 1.26. The fourth-order valence-corrected chi connectivity index (χ4v) is 4.50. The van der Waals surface area contributed by atoms with Crippen LogP contribution in [-0.4, -0.2) is 42.6 Å². The van der Waals surface area contributed by atoms with E-state index in [2.05, 4.69) is 25.3 Å². The Morgan fingerprint density at radius 2 is 1.82 bits per heavy atom. The number of phenols is 1. The van der Waals surface area contributed by atoms with Crippen LogP contribution in [0.3, 0.4) is 0 Å². The van der Waals surface area contributed by atoms with Crippen LogP contribution in [0.15, 0.2) is 91.4 Å². The molecule has 3 aromatic carbocycles. The van der Waals surface area contributed by atoms with Crippen LogP contribution in [0, 0.1) is 6.92 Å². The van der Waals surface area contributed by atoms with Crippen LogP contribution in [0.5, 0.6) is 11.6 Å². The second-order valence-corrected chi connectivity index (χ2v) is 8.95. The number of ether oxygens (including phenoxy) is 1. The number of aryl methyl sites for hydroxylation is 1. The molecule has 0 saturated heterocycles. The van der Waals surface area contributed by atoms with E-state index in [0.717, 1.165) is 22.6 Å². The highest BCUT2D eigenvalue weighted by molar-refractivity contribution is 6.06. The normalized spacial score (nSPS) is 11.0. The van der Waals surface area contributed by atoms with Crippen LogP contribution >= 0.6 is 0 Å². The molecule has 9 nitrogen and oxygen atoms in total. The second-order valence-electron chi connectivity index (χ2n) is 8.95. The number of amides is 1. The van der Waals surface area contributed by atoms with Gasteiger partial charge >= 0.3 is 0 Å². The van der Waals surface area contributed by atoms with Gasteiger partial charge in [0.25, 0.3) is 5.91 Å². The van der Waals surface area contributed by atoms with Crippen LogP contribution in [0.25, 0.3) is 39.2 Å². The Morgan fingerprint density at radius 3 is 2.59 bits per heavy atom. The first-order valence-electron chi connectivity index (χ1n) is 12.2. The lowest BCUT2D eigenvalue weighted by Gasteiger charge is -2.09. The number of imidazole rings is 2. The number of fused-ring (bicyclic) bond motifs is 1. The van der Waals surface area contributed by atoms with E-state index in [1.165, 1.54) is 0 Å². The number of aromatic amines is 1. The van der Waals surface area contributed by atoms with Gasteiger partial charge in [-0.15, -0.1) is 0 Å². The van der Waals surface area contributed by atoms with Gasteiger partial charge in [0.2, 0.25) is 5.88 Å². The van der Waals surface area contributed by atoms with Gasteiger partial charge in [-0.2, -0.15) is 0 Å². The van der Waals surface area contributed by atoms with Gasteiger partial charge in [-0.05, 0) is 79.2 Å². The van der Waals surface area contributed by atoms with Crippen molar-refractivity contribution in [3.8, 4) is 39.8 Å². The summed E-state index contributed by atoms with van der Waals surface area (Å²) in [5, 5.41) is 13.6. The molecule has 39 heavy (non-hydrogen) atoms. The number of phenolic OH excluding ortho intramolecular Hbond substituents is 1. The summed E-state index contributed by atoms with van der Waals surface area (Å²) >= 11 is 0. The third-order valence-corrected chi connectivity index (χ3v) is 6.50. The second kappa shape index (κ2) is 9.79. The van der Waals surface area contributed by atoms with Crippen molar-refractivity contribution in [2.24, 2.45) is 0 Å². The van der Waals surface area contributed by atoms with Crippen molar-refractivity contribution < 1.29 is 14.6 Å². The van der Waals surface area contributed by atoms with Crippen molar-refractivity contribution in [3.63, 3.8) is 0 Å². The SMILES string of the molecule is COc1ncccc1-c1ccc(O)c(-c2nc3ccc(C(=O)Nc4ccc(-n5ccnc5C)cc4)cc3[nH]2)c1. The summed E-state index contributed by atoms with van der Waals surface area (Å²) in [5.41, 5.74) is 5.60. The number of hydrogen-bond donors (Lipinski definition) is 3. The highest BCUT2D eigenvalue weighted by Crippen LogP contribution is 2.35. The number of aromatic hydroxyl groups is 1. The number of benzene rings is 3. The molecule has 0 radical (unpaired) electrons. The largest absolute Gasteiger partial charge is 0.507 e. The van der Waals surface area contributed by atoms with E-state index in [-0.39, 0.29) is 11.7 Å². The first-order chi connectivity index (χ1) is 19.0. The number of carbonyl (C=O) groups excluding carboxylic acids is 1. The van der Waals surface area contributed by atoms with Gasteiger partial charge in [0.05, 0.1) is 23.7 Å². The molecular weight excluding hydrogens is 492 g/mol. The van der Waals surface area contributed by atoms with Gasteiger partial charge in [-0.25, -0.2) is 15.0 Å². The van der Waals surface area contributed by atoms with Gasteiger partial charge in [0.1, 0.15) is 17.4 Å². The summed E-state index contributed by atoms with van der Waals surface area (Å²) in [6.45, 7) is 1.93. The van der Waals surface area contributed by atoms with Crippen molar-refractivity contribution in [1.82, 2.24) is 24.5 Å². The van der Waals surface area contributed by atoms with Gasteiger partial charge < -0.3 is 24.7 Å². The molecule has 0 aliphatic carbocycles. The number of carbonyl (C=O) groups is 1. The quantitative estimate of drug-likeness (QED) is 0.259. The number of hydrogen-bond acceptors (Lipinski definition) is 6. The van der Waals surface area contributed by atoms with Crippen molar-refractivity contribution in [2.45, 2.75) is 6.92 Å². The lowest BCUT2D eigenvalue weighted by Crippen LogP contribution is -2.11. The Bertz CT molecular complexity index is 1820. The molecule has 9 heteroatoms. The molecule has 3 heterocycles. The molecule has 0 spiro atoms. The predicted molar refractivity (Wildman–Crippen MR) is 149 cm³/mol. The van der Waals surface area contributed by atoms with Gasteiger partial charge in [-0.1, -0.05) is 6.07 Å². The van der Waals surface area contributed by atoms with Crippen molar-refractivity contribution in [2.75, 3.05) is 12.4 Å². The van der Waals surface area contributed by atoms with E-state index < -0.39 is 0 Å². The fraction of sp³-hybridized carbons (Fsp3) is 0.0667. The Labute approximate surface area is 223 Å². The van der Waals surface area contributed by atoms with Crippen LogP contribution in [0.1, 0.15) is 16.2 Å². The average molecular weight is 517 g/mol. The number of nitrogens with one attached hydrogen (secondary N) is 2. The van der Waals surface area contributed by atoms with E-state index in [1.54, 1.807) is 49.8 Å².